The number of methoxy groups -OCH3 is 1. The third kappa shape index (κ3) is 3.88. The van der Waals surface area contributed by atoms with Gasteiger partial charge in [-0.25, -0.2) is 0 Å². The number of nitrogens with one attached hydrogen (secondary N) is 1. The van der Waals surface area contributed by atoms with Crippen LogP contribution in [0.15, 0.2) is 4.99 Å². The second-order valence-corrected chi connectivity index (χ2v) is 6.07. The first kappa shape index (κ1) is 14.8. The van der Waals surface area contributed by atoms with E-state index in [0.29, 0.717) is 12.5 Å². The number of amidine groups is 1. The molecule has 1 rings (SSSR count). The van der Waals surface area contributed by atoms with Crippen LogP contribution in [0.4, 0.5) is 0 Å². The van der Waals surface area contributed by atoms with Gasteiger partial charge in [-0.2, -0.15) is 0 Å². The molecule has 1 aliphatic rings. The van der Waals surface area contributed by atoms with Gasteiger partial charge in [0.25, 0.3) is 0 Å². The van der Waals surface area contributed by atoms with Gasteiger partial charge in [0.05, 0.1) is 12.6 Å². The molecule has 1 aliphatic heterocycles. The quantitative estimate of drug-likeness (QED) is 0.795. The summed E-state index contributed by atoms with van der Waals surface area (Å²) in [6.45, 7) is 9.58. The summed E-state index contributed by atoms with van der Waals surface area (Å²) in [5, 5.41) is 4.71. The number of aliphatic imine (C=N–C) groups is 1. The molecule has 0 aromatic heterocycles. The van der Waals surface area contributed by atoms with Gasteiger partial charge in [-0.3, -0.25) is 4.99 Å². The van der Waals surface area contributed by atoms with E-state index in [1.54, 1.807) is 7.11 Å². The summed E-state index contributed by atoms with van der Waals surface area (Å²) in [7, 11) is 1.74. The molecule has 1 unspecified atom stereocenters. The van der Waals surface area contributed by atoms with E-state index in [0.717, 1.165) is 23.8 Å². The minimum absolute atomic E-state index is 0.262. The first-order valence-corrected chi connectivity index (χ1v) is 7.53. The SMILES string of the molecule is CCC1(CC)CSC(=NC(COC)C(C)C)N1. The normalized spacial score (nSPS) is 23.1. The molecule has 0 aliphatic carbocycles. The van der Waals surface area contributed by atoms with E-state index in [2.05, 4.69) is 33.0 Å². The predicted octanol–water partition coefficient (Wildman–Crippen LogP) is 2.91. The molecule has 17 heavy (non-hydrogen) atoms. The van der Waals surface area contributed by atoms with E-state index in [-0.39, 0.29) is 11.6 Å². The number of rotatable bonds is 6. The van der Waals surface area contributed by atoms with E-state index >= 15 is 0 Å². The zero-order valence-electron chi connectivity index (χ0n) is 11.7. The maximum absolute atomic E-state index is 5.24. The van der Waals surface area contributed by atoms with Crippen molar-refractivity contribution in [2.45, 2.75) is 52.1 Å². The number of hydrogen-bond acceptors (Lipinski definition) is 3. The topological polar surface area (TPSA) is 33.6 Å². The number of ether oxygens (including phenoxy) is 1. The van der Waals surface area contributed by atoms with Crippen molar-refractivity contribution in [2.24, 2.45) is 10.9 Å². The van der Waals surface area contributed by atoms with Crippen LogP contribution in [0.3, 0.4) is 0 Å². The van der Waals surface area contributed by atoms with Gasteiger partial charge >= 0.3 is 0 Å². The average Bonchev–Trinajstić information content (AvgIpc) is 2.73. The number of thioether (sulfide) groups is 1. The molecule has 0 amide bonds. The maximum atomic E-state index is 5.24. The molecular formula is C13H26N2OS. The van der Waals surface area contributed by atoms with Gasteiger partial charge in [0.2, 0.25) is 0 Å². The molecule has 1 N–H and O–H groups in total. The third-order valence-electron chi connectivity index (χ3n) is 3.60. The van der Waals surface area contributed by atoms with Crippen LogP contribution in [0.5, 0.6) is 0 Å². The fraction of sp³-hybridized carbons (Fsp3) is 0.923. The van der Waals surface area contributed by atoms with Gasteiger partial charge in [-0.15, -0.1) is 0 Å². The second-order valence-electron chi connectivity index (χ2n) is 5.10. The molecule has 0 saturated carbocycles. The molecule has 0 spiro atoms. The predicted molar refractivity (Wildman–Crippen MR) is 76.8 cm³/mol. The summed E-state index contributed by atoms with van der Waals surface area (Å²) in [5.74, 6) is 1.65. The standard InChI is InChI=1S/C13H26N2OS/c1-6-13(7-2)9-17-12(15-13)14-11(8-16-5)10(3)4/h10-11H,6-9H2,1-5H3,(H,14,15). The monoisotopic (exact) mass is 258 g/mol. The van der Waals surface area contributed by atoms with Crippen LogP contribution in [0, 0.1) is 5.92 Å². The summed E-state index contributed by atoms with van der Waals surface area (Å²) in [6.07, 6.45) is 2.32. The van der Waals surface area contributed by atoms with Crippen molar-refractivity contribution in [3.8, 4) is 0 Å². The third-order valence-corrected chi connectivity index (χ3v) is 4.78. The number of nitrogens with zero attached hydrogens (tertiary/aromatic N) is 1. The Morgan fingerprint density at radius 3 is 2.47 bits per heavy atom. The van der Waals surface area contributed by atoms with Gasteiger partial charge < -0.3 is 10.1 Å². The summed E-state index contributed by atoms with van der Waals surface area (Å²) < 4.78 is 5.24. The minimum atomic E-state index is 0.262. The lowest BCUT2D eigenvalue weighted by molar-refractivity contribution is 0.165. The second kappa shape index (κ2) is 6.64. The molecule has 0 aromatic rings. The van der Waals surface area contributed by atoms with E-state index in [9.17, 15) is 0 Å². The highest BCUT2D eigenvalue weighted by Crippen LogP contribution is 2.29. The van der Waals surface area contributed by atoms with Crippen molar-refractivity contribution in [3.05, 3.63) is 0 Å². The van der Waals surface area contributed by atoms with Crippen molar-refractivity contribution in [1.82, 2.24) is 5.32 Å². The summed E-state index contributed by atoms with van der Waals surface area (Å²) >= 11 is 1.85. The Morgan fingerprint density at radius 2 is 2.06 bits per heavy atom. The van der Waals surface area contributed by atoms with E-state index < -0.39 is 0 Å². The van der Waals surface area contributed by atoms with E-state index in [4.69, 9.17) is 9.73 Å². The minimum Gasteiger partial charge on any atom is -0.382 e. The lowest BCUT2D eigenvalue weighted by atomic mass is 9.96. The number of hydrogen-bond donors (Lipinski definition) is 1. The molecule has 3 nitrogen and oxygen atoms in total. The molecule has 1 fully saturated rings. The van der Waals surface area contributed by atoms with E-state index in [1.165, 1.54) is 0 Å². The van der Waals surface area contributed by atoms with Crippen LogP contribution >= 0.6 is 11.8 Å². The zero-order valence-corrected chi connectivity index (χ0v) is 12.6. The molecule has 1 atom stereocenters. The van der Waals surface area contributed by atoms with Crippen molar-refractivity contribution < 1.29 is 4.74 Å². The fourth-order valence-corrected chi connectivity index (χ4v) is 3.30. The van der Waals surface area contributed by atoms with E-state index in [1.807, 2.05) is 11.8 Å². The van der Waals surface area contributed by atoms with Crippen LogP contribution in [0.1, 0.15) is 40.5 Å². The largest absolute Gasteiger partial charge is 0.382 e. The van der Waals surface area contributed by atoms with Gasteiger partial charge in [-0.05, 0) is 18.8 Å². The molecule has 0 radical (unpaired) electrons. The summed E-state index contributed by atoms with van der Waals surface area (Å²) in [5.41, 5.74) is 0.262. The maximum Gasteiger partial charge on any atom is 0.157 e. The van der Waals surface area contributed by atoms with Gasteiger partial charge in [0.15, 0.2) is 5.17 Å². The summed E-state index contributed by atoms with van der Waals surface area (Å²) in [6, 6.07) is 0.263. The van der Waals surface area contributed by atoms with Gasteiger partial charge in [-0.1, -0.05) is 39.5 Å². The van der Waals surface area contributed by atoms with Gasteiger partial charge in [0.1, 0.15) is 0 Å². The smallest absolute Gasteiger partial charge is 0.157 e. The molecular weight excluding hydrogens is 232 g/mol. The first-order chi connectivity index (χ1) is 8.06. The lowest BCUT2D eigenvalue weighted by Crippen LogP contribution is -2.42. The van der Waals surface area contributed by atoms with Crippen LogP contribution in [0.25, 0.3) is 0 Å². The Bertz CT molecular complexity index is 262. The fourth-order valence-electron chi connectivity index (χ4n) is 1.91. The molecule has 1 saturated heterocycles. The molecule has 100 valence electrons. The van der Waals surface area contributed by atoms with Crippen molar-refractivity contribution in [2.75, 3.05) is 19.5 Å². The lowest BCUT2D eigenvalue weighted by Gasteiger charge is -2.25. The van der Waals surface area contributed by atoms with Crippen LogP contribution in [0.2, 0.25) is 0 Å². The Hall–Kier alpha value is -0.220. The van der Waals surface area contributed by atoms with Crippen molar-refractivity contribution in [3.63, 3.8) is 0 Å². The Balaban J connectivity index is 2.67. The molecule has 0 bridgehead atoms. The molecule has 0 aromatic carbocycles. The highest BCUT2D eigenvalue weighted by molar-refractivity contribution is 8.14. The van der Waals surface area contributed by atoms with Crippen molar-refractivity contribution >= 4 is 16.9 Å². The first-order valence-electron chi connectivity index (χ1n) is 6.54. The van der Waals surface area contributed by atoms with Crippen LogP contribution in [-0.2, 0) is 4.74 Å². The van der Waals surface area contributed by atoms with Crippen molar-refractivity contribution in [1.29, 1.82) is 0 Å². The highest BCUT2D eigenvalue weighted by Gasteiger charge is 2.34. The zero-order chi connectivity index (χ0) is 12.9. The molecule has 1 heterocycles. The molecule has 4 heteroatoms. The average molecular weight is 258 g/mol. The summed E-state index contributed by atoms with van der Waals surface area (Å²) in [4.78, 5) is 4.80. The highest BCUT2D eigenvalue weighted by atomic mass is 32.2. The van der Waals surface area contributed by atoms with Crippen LogP contribution in [-0.4, -0.2) is 36.2 Å². The Labute approximate surface area is 110 Å². The van der Waals surface area contributed by atoms with Gasteiger partial charge in [0, 0.05) is 18.4 Å². The Morgan fingerprint density at radius 1 is 1.41 bits per heavy atom. The van der Waals surface area contributed by atoms with Crippen LogP contribution < -0.4 is 5.32 Å². The Kier molecular flexibility index (Phi) is 5.80.